The molecule has 0 saturated carbocycles. The number of carbonyl (C=O) groups is 1. The number of aromatic nitrogens is 2. The van der Waals surface area contributed by atoms with E-state index in [9.17, 15) is 24.5 Å². The number of rotatable bonds is 7. The highest BCUT2D eigenvalue weighted by Gasteiger charge is 2.21. The Labute approximate surface area is 200 Å². The molecule has 35 heavy (non-hydrogen) atoms. The maximum atomic E-state index is 12.6. The van der Waals surface area contributed by atoms with Gasteiger partial charge in [-0.3, -0.25) is 14.9 Å². The van der Waals surface area contributed by atoms with Gasteiger partial charge in [0.05, 0.1) is 32.6 Å². The van der Waals surface area contributed by atoms with Gasteiger partial charge in [-0.05, 0) is 35.9 Å². The summed E-state index contributed by atoms with van der Waals surface area (Å²) in [5.74, 6) is -1.28. The van der Waals surface area contributed by atoms with Gasteiger partial charge >= 0.3 is 17.3 Å². The molecule has 0 unspecified atom stereocenters. The fraction of sp³-hybridized carbons (Fsp3) is 0.0435. The van der Waals surface area contributed by atoms with E-state index >= 15 is 0 Å². The third-order valence-electron chi connectivity index (χ3n) is 4.93. The van der Waals surface area contributed by atoms with Crippen molar-refractivity contribution in [2.75, 3.05) is 0 Å². The van der Waals surface area contributed by atoms with E-state index in [1.165, 1.54) is 36.4 Å². The molecule has 0 aliphatic heterocycles. The van der Waals surface area contributed by atoms with Crippen molar-refractivity contribution >= 4 is 40.4 Å². The Morgan fingerprint density at radius 2 is 1.89 bits per heavy atom. The number of carboxylic acids is 1. The summed E-state index contributed by atoms with van der Waals surface area (Å²) >= 11 is 6.23. The topological polar surface area (TPSA) is 157 Å². The van der Waals surface area contributed by atoms with Crippen molar-refractivity contribution in [3.05, 3.63) is 113 Å². The second kappa shape index (κ2) is 9.61. The molecule has 0 radical (unpaired) electrons. The Bertz CT molecular complexity index is 1610. The van der Waals surface area contributed by atoms with Crippen molar-refractivity contribution in [2.45, 2.75) is 6.61 Å². The number of nitrogens with zero attached hydrogens (tertiary/aromatic N) is 3. The van der Waals surface area contributed by atoms with Crippen molar-refractivity contribution in [1.29, 1.82) is 0 Å². The molecule has 0 spiro atoms. The van der Waals surface area contributed by atoms with Gasteiger partial charge in [0, 0.05) is 11.6 Å². The standard InChI is InChI=1S/C23H15ClN4O7/c24-17-9-14(11-25-27-21(29)16-3-1-2-4-18(16)26-23(27)32)10-19(28(33)34)20(17)35-12-13-5-7-15(8-6-13)22(30)31/h1-11H,12H2,(H,26,32)(H,30,31). The van der Waals surface area contributed by atoms with E-state index in [1.54, 1.807) is 18.2 Å². The van der Waals surface area contributed by atoms with Gasteiger partial charge in [-0.2, -0.15) is 5.10 Å². The zero-order chi connectivity index (χ0) is 25.1. The van der Waals surface area contributed by atoms with Crippen molar-refractivity contribution in [1.82, 2.24) is 9.66 Å². The van der Waals surface area contributed by atoms with Crippen LogP contribution in [0.15, 0.2) is 75.4 Å². The van der Waals surface area contributed by atoms with Gasteiger partial charge in [0.25, 0.3) is 5.56 Å². The number of para-hydroxylation sites is 1. The summed E-state index contributed by atoms with van der Waals surface area (Å²) in [5, 5.41) is 24.6. The summed E-state index contributed by atoms with van der Waals surface area (Å²) in [6.45, 7) is -0.101. The first kappa shape index (κ1) is 23.4. The number of aromatic amines is 1. The minimum Gasteiger partial charge on any atom is -0.481 e. The lowest BCUT2D eigenvalue weighted by Gasteiger charge is -2.10. The number of ether oxygens (including phenoxy) is 1. The van der Waals surface area contributed by atoms with Gasteiger partial charge in [0.15, 0.2) is 0 Å². The van der Waals surface area contributed by atoms with Gasteiger partial charge in [-0.1, -0.05) is 35.9 Å². The smallest absolute Gasteiger partial charge is 0.349 e. The average Bonchev–Trinajstić information content (AvgIpc) is 2.83. The van der Waals surface area contributed by atoms with Crippen molar-refractivity contribution in [3.8, 4) is 5.75 Å². The molecule has 4 rings (SSSR count). The highest BCUT2D eigenvalue weighted by atomic mass is 35.5. The lowest BCUT2D eigenvalue weighted by Crippen LogP contribution is -2.32. The van der Waals surface area contributed by atoms with Crippen LogP contribution in [-0.4, -0.2) is 31.9 Å². The summed E-state index contributed by atoms with van der Waals surface area (Å²) < 4.78 is 6.15. The summed E-state index contributed by atoms with van der Waals surface area (Å²) in [6.07, 6.45) is 1.10. The fourth-order valence-corrected chi connectivity index (χ4v) is 3.51. The zero-order valence-electron chi connectivity index (χ0n) is 17.7. The van der Waals surface area contributed by atoms with E-state index in [0.717, 1.165) is 12.3 Å². The number of nitro groups is 1. The second-order valence-corrected chi connectivity index (χ2v) is 7.64. The molecule has 4 aromatic rings. The normalized spacial score (nSPS) is 11.1. The first-order valence-electron chi connectivity index (χ1n) is 9.96. The van der Waals surface area contributed by atoms with Crippen LogP contribution in [0.4, 0.5) is 5.69 Å². The monoisotopic (exact) mass is 494 g/mol. The maximum absolute atomic E-state index is 12.6. The summed E-state index contributed by atoms with van der Waals surface area (Å²) in [6, 6.07) is 14.7. The largest absolute Gasteiger partial charge is 0.481 e. The van der Waals surface area contributed by atoms with Crippen molar-refractivity contribution < 1.29 is 19.6 Å². The molecule has 12 heteroatoms. The zero-order valence-corrected chi connectivity index (χ0v) is 18.4. The third-order valence-corrected chi connectivity index (χ3v) is 5.21. The molecule has 3 aromatic carbocycles. The van der Waals surface area contributed by atoms with Crippen LogP contribution in [0.2, 0.25) is 5.02 Å². The van der Waals surface area contributed by atoms with Crippen LogP contribution in [0.25, 0.3) is 10.9 Å². The number of benzene rings is 3. The van der Waals surface area contributed by atoms with Crippen LogP contribution in [0.3, 0.4) is 0 Å². The fourth-order valence-electron chi connectivity index (χ4n) is 3.23. The lowest BCUT2D eigenvalue weighted by molar-refractivity contribution is -0.385. The molecule has 2 N–H and O–H groups in total. The number of carboxylic acid groups (broad SMARTS) is 1. The number of hydrogen-bond donors (Lipinski definition) is 2. The van der Waals surface area contributed by atoms with E-state index < -0.39 is 27.8 Å². The average molecular weight is 495 g/mol. The Morgan fingerprint density at radius 3 is 2.57 bits per heavy atom. The highest BCUT2D eigenvalue weighted by Crippen LogP contribution is 2.36. The van der Waals surface area contributed by atoms with Gasteiger partial charge < -0.3 is 14.8 Å². The minimum atomic E-state index is -1.08. The first-order valence-corrected chi connectivity index (χ1v) is 10.3. The summed E-state index contributed by atoms with van der Waals surface area (Å²) in [4.78, 5) is 49.3. The Balaban J connectivity index is 1.63. The van der Waals surface area contributed by atoms with Gasteiger partial charge in [0.2, 0.25) is 5.75 Å². The molecular formula is C23H15ClN4O7. The quantitative estimate of drug-likeness (QED) is 0.226. The Hall–Kier alpha value is -4.77. The predicted molar refractivity (Wildman–Crippen MR) is 128 cm³/mol. The number of hydrogen-bond acceptors (Lipinski definition) is 7. The van der Waals surface area contributed by atoms with Crippen LogP contribution in [-0.2, 0) is 6.61 Å². The summed E-state index contributed by atoms with van der Waals surface area (Å²) in [7, 11) is 0. The van der Waals surface area contributed by atoms with Gasteiger partial charge in [-0.15, -0.1) is 4.68 Å². The van der Waals surface area contributed by atoms with Crippen LogP contribution < -0.4 is 16.0 Å². The Morgan fingerprint density at radius 1 is 1.17 bits per heavy atom. The number of H-pyrrole nitrogens is 1. The minimum absolute atomic E-state index is 0.0887. The molecule has 1 aromatic heterocycles. The van der Waals surface area contributed by atoms with Crippen molar-refractivity contribution in [2.24, 2.45) is 5.10 Å². The van der Waals surface area contributed by atoms with E-state index in [-0.39, 0.29) is 33.9 Å². The van der Waals surface area contributed by atoms with Crippen LogP contribution in [0.5, 0.6) is 5.75 Å². The molecule has 1 heterocycles. The number of aromatic carboxylic acids is 1. The van der Waals surface area contributed by atoms with Crippen LogP contribution >= 0.6 is 11.6 Å². The molecule has 0 fully saturated rings. The number of nitro benzene ring substituents is 1. The first-order chi connectivity index (χ1) is 16.7. The Kier molecular flexibility index (Phi) is 6.42. The van der Waals surface area contributed by atoms with E-state index in [0.29, 0.717) is 15.8 Å². The van der Waals surface area contributed by atoms with Crippen LogP contribution in [0, 0.1) is 10.1 Å². The molecule has 0 atom stereocenters. The van der Waals surface area contributed by atoms with Crippen LogP contribution in [0.1, 0.15) is 21.5 Å². The van der Waals surface area contributed by atoms with Gasteiger partial charge in [0.1, 0.15) is 6.61 Å². The molecule has 176 valence electrons. The molecule has 0 bridgehead atoms. The molecule has 11 nitrogen and oxygen atoms in total. The molecule has 0 aliphatic rings. The highest BCUT2D eigenvalue weighted by molar-refractivity contribution is 6.32. The van der Waals surface area contributed by atoms with E-state index in [1.807, 2.05) is 0 Å². The van der Waals surface area contributed by atoms with E-state index in [4.69, 9.17) is 21.4 Å². The number of halogens is 1. The van der Waals surface area contributed by atoms with Crippen molar-refractivity contribution in [3.63, 3.8) is 0 Å². The summed E-state index contributed by atoms with van der Waals surface area (Å²) in [5.41, 5.74) is -0.729. The predicted octanol–water partition coefficient (Wildman–Crippen LogP) is 3.41. The molecular weight excluding hydrogens is 480 g/mol. The molecule has 0 aliphatic carbocycles. The van der Waals surface area contributed by atoms with Gasteiger partial charge in [-0.25, -0.2) is 9.59 Å². The molecule has 0 amide bonds. The number of nitrogens with one attached hydrogen (secondary N) is 1. The lowest BCUT2D eigenvalue weighted by atomic mass is 10.1. The number of fused-ring (bicyclic) bond motifs is 1. The van der Waals surface area contributed by atoms with E-state index in [2.05, 4.69) is 10.1 Å². The third kappa shape index (κ3) is 4.94. The SMILES string of the molecule is O=C(O)c1ccc(COc2c(Cl)cc(C=Nn3c(=O)[nH]c4ccccc4c3=O)cc2[N+](=O)[O-])cc1. The maximum Gasteiger partial charge on any atom is 0.349 e. The second-order valence-electron chi connectivity index (χ2n) is 7.24. The molecule has 0 saturated heterocycles.